The van der Waals surface area contributed by atoms with Crippen LogP contribution < -0.4 is 14.2 Å². The van der Waals surface area contributed by atoms with Crippen molar-refractivity contribution < 1.29 is 32.2 Å². The fraction of sp³-hybridized carbons (Fsp3) is 0.562. The smallest absolute Gasteiger partial charge is 0.406 e. The van der Waals surface area contributed by atoms with E-state index >= 15 is 0 Å². The summed E-state index contributed by atoms with van der Waals surface area (Å²) in [6.07, 6.45) is -4.49. The Morgan fingerprint density at radius 3 is 1.96 bits per heavy atom. The maximum Gasteiger partial charge on any atom is 0.406 e. The van der Waals surface area contributed by atoms with Crippen LogP contribution in [-0.4, -0.2) is 51.4 Å². The van der Waals surface area contributed by atoms with Gasteiger partial charge in [-0.2, -0.15) is 13.2 Å². The van der Waals surface area contributed by atoms with Crippen LogP contribution in [0.4, 0.5) is 13.2 Å². The van der Waals surface area contributed by atoms with Gasteiger partial charge in [-0.1, -0.05) is 13.8 Å². The van der Waals surface area contributed by atoms with E-state index < -0.39 is 18.6 Å². The number of benzene rings is 1. The molecule has 0 aromatic heterocycles. The number of carbonyl (C=O) groups is 1. The summed E-state index contributed by atoms with van der Waals surface area (Å²) in [7, 11) is 4.11. The molecule has 136 valence electrons. The highest BCUT2D eigenvalue weighted by Crippen LogP contribution is 2.35. The van der Waals surface area contributed by atoms with Crippen LogP contribution in [0.5, 0.6) is 17.2 Å². The van der Waals surface area contributed by atoms with Gasteiger partial charge in [-0.15, -0.1) is 0 Å². The van der Waals surface area contributed by atoms with Crippen molar-refractivity contribution >= 4 is 5.91 Å². The van der Waals surface area contributed by atoms with Gasteiger partial charge in [-0.3, -0.25) is 4.79 Å². The molecule has 0 fully saturated rings. The van der Waals surface area contributed by atoms with E-state index in [0.29, 0.717) is 5.75 Å². The molecule has 0 radical (unpaired) electrons. The normalized spacial score (nSPS) is 11.4. The Balaban J connectivity index is 3.30. The maximum absolute atomic E-state index is 12.8. The predicted octanol–water partition coefficient (Wildman–Crippen LogP) is 3.37. The third-order valence-electron chi connectivity index (χ3n) is 3.18. The van der Waals surface area contributed by atoms with Crippen LogP contribution in [-0.2, 0) is 0 Å². The van der Waals surface area contributed by atoms with Crippen LogP contribution in [0.2, 0.25) is 0 Å². The predicted molar refractivity (Wildman–Crippen MR) is 82.9 cm³/mol. The molecule has 24 heavy (non-hydrogen) atoms. The minimum atomic E-state index is -4.49. The third kappa shape index (κ3) is 5.21. The van der Waals surface area contributed by atoms with E-state index in [4.69, 9.17) is 14.2 Å². The van der Waals surface area contributed by atoms with E-state index in [1.165, 1.54) is 33.5 Å². The van der Waals surface area contributed by atoms with Crippen LogP contribution >= 0.6 is 0 Å². The Morgan fingerprint density at radius 1 is 1.04 bits per heavy atom. The maximum atomic E-state index is 12.8. The molecular weight excluding hydrogens is 327 g/mol. The molecule has 8 heteroatoms. The fourth-order valence-corrected chi connectivity index (χ4v) is 2.24. The van der Waals surface area contributed by atoms with Gasteiger partial charge in [0.25, 0.3) is 5.91 Å². The number of amides is 1. The lowest BCUT2D eigenvalue weighted by Gasteiger charge is -2.26. The molecular formula is C16H22F3NO4. The Labute approximate surface area is 139 Å². The molecule has 1 amide bonds. The minimum Gasteiger partial charge on any atom is -0.496 e. The number of hydrogen-bond donors (Lipinski definition) is 0. The number of hydrogen-bond acceptors (Lipinski definition) is 4. The lowest BCUT2D eigenvalue weighted by Crippen LogP contribution is -2.41. The zero-order valence-corrected chi connectivity index (χ0v) is 14.4. The van der Waals surface area contributed by atoms with Crippen molar-refractivity contribution in [3.63, 3.8) is 0 Å². The monoisotopic (exact) mass is 349 g/mol. The molecule has 0 heterocycles. The molecule has 0 unspecified atom stereocenters. The van der Waals surface area contributed by atoms with Gasteiger partial charge >= 0.3 is 6.18 Å². The third-order valence-corrected chi connectivity index (χ3v) is 3.18. The van der Waals surface area contributed by atoms with Gasteiger partial charge in [0.05, 0.1) is 26.9 Å². The van der Waals surface area contributed by atoms with Crippen LogP contribution in [0, 0.1) is 5.92 Å². The molecule has 1 aromatic carbocycles. The van der Waals surface area contributed by atoms with Crippen LogP contribution in [0.1, 0.15) is 24.2 Å². The molecule has 0 bridgehead atoms. The Kier molecular flexibility index (Phi) is 6.74. The van der Waals surface area contributed by atoms with Crippen molar-refractivity contribution in [1.29, 1.82) is 0 Å². The van der Waals surface area contributed by atoms with Crippen LogP contribution in [0.3, 0.4) is 0 Å². The topological polar surface area (TPSA) is 48.0 Å². The first-order valence-electron chi connectivity index (χ1n) is 7.29. The summed E-state index contributed by atoms with van der Waals surface area (Å²) in [5, 5.41) is 0. The first-order valence-corrected chi connectivity index (χ1v) is 7.29. The molecule has 0 atom stereocenters. The van der Waals surface area contributed by atoms with Crippen molar-refractivity contribution in [3.8, 4) is 17.2 Å². The molecule has 0 saturated heterocycles. The molecule has 0 aliphatic heterocycles. The lowest BCUT2D eigenvalue weighted by molar-refractivity contribution is -0.141. The molecule has 5 nitrogen and oxygen atoms in total. The van der Waals surface area contributed by atoms with E-state index in [1.807, 2.05) is 0 Å². The van der Waals surface area contributed by atoms with Gasteiger partial charge in [-0.25, -0.2) is 0 Å². The highest BCUT2D eigenvalue weighted by molar-refractivity contribution is 5.98. The summed E-state index contributed by atoms with van der Waals surface area (Å²) in [5.41, 5.74) is -0.0138. The average molecular weight is 349 g/mol. The number of ether oxygens (including phenoxy) is 3. The summed E-state index contributed by atoms with van der Waals surface area (Å²) < 4.78 is 53.8. The van der Waals surface area contributed by atoms with Crippen molar-refractivity contribution in [1.82, 2.24) is 4.90 Å². The zero-order chi connectivity index (χ0) is 18.5. The minimum absolute atomic E-state index is 0.0138. The highest BCUT2D eigenvalue weighted by atomic mass is 19.4. The van der Waals surface area contributed by atoms with E-state index in [-0.39, 0.29) is 29.5 Å². The molecule has 0 aliphatic carbocycles. The first kappa shape index (κ1) is 19.9. The number of alkyl halides is 3. The van der Waals surface area contributed by atoms with E-state index in [2.05, 4.69) is 0 Å². The summed E-state index contributed by atoms with van der Waals surface area (Å²) in [4.78, 5) is 13.4. The first-order chi connectivity index (χ1) is 11.1. The van der Waals surface area contributed by atoms with Crippen LogP contribution in [0.15, 0.2) is 12.1 Å². The van der Waals surface area contributed by atoms with Crippen molar-refractivity contribution in [2.75, 3.05) is 34.4 Å². The average Bonchev–Trinajstić information content (AvgIpc) is 2.50. The van der Waals surface area contributed by atoms with Crippen LogP contribution in [0.25, 0.3) is 0 Å². The summed E-state index contributed by atoms with van der Waals surface area (Å²) in [5.74, 6) is -0.231. The zero-order valence-electron chi connectivity index (χ0n) is 14.4. The van der Waals surface area contributed by atoms with Gasteiger partial charge in [0.15, 0.2) is 11.5 Å². The van der Waals surface area contributed by atoms with Gasteiger partial charge in [0, 0.05) is 18.7 Å². The molecule has 1 aromatic rings. The Hall–Kier alpha value is -2.12. The second-order valence-electron chi connectivity index (χ2n) is 5.60. The number of carbonyl (C=O) groups excluding carboxylic acids is 1. The van der Waals surface area contributed by atoms with Crippen molar-refractivity contribution in [2.24, 2.45) is 5.92 Å². The highest BCUT2D eigenvalue weighted by Gasteiger charge is 2.34. The van der Waals surface area contributed by atoms with Gasteiger partial charge < -0.3 is 19.1 Å². The van der Waals surface area contributed by atoms with Gasteiger partial charge in [0.2, 0.25) is 0 Å². The summed E-state index contributed by atoms with van der Waals surface area (Å²) >= 11 is 0. The van der Waals surface area contributed by atoms with Crippen molar-refractivity contribution in [3.05, 3.63) is 17.7 Å². The van der Waals surface area contributed by atoms with Gasteiger partial charge in [-0.05, 0) is 5.92 Å². The SMILES string of the molecule is COc1cc(OC)c(C(=O)N(CC(C)C)CC(F)(F)F)cc1OC. The second kappa shape index (κ2) is 8.12. The molecule has 0 aliphatic rings. The Bertz CT molecular complexity index is 573. The second-order valence-corrected chi connectivity index (χ2v) is 5.60. The standard InChI is InChI=1S/C16H22F3NO4/c1-10(2)8-20(9-16(17,18)19)15(21)11-6-13(23-4)14(24-5)7-12(11)22-3/h6-7,10H,8-9H2,1-5H3. The number of nitrogens with zero attached hydrogens (tertiary/aromatic N) is 1. The number of halogens is 3. The fourth-order valence-electron chi connectivity index (χ4n) is 2.24. The van der Waals surface area contributed by atoms with E-state index in [0.717, 1.165) is 4.90 Å². The lowest BCUT2D eigenvalue weighted by atomic mass is 10.1. The molecule has 0 N–H and O–H groups in total. The summed E-state index contributed by atoms with van der Waals surface area (Å²) in [6, 6.07) is 2.73. The van der Waals surface area contributed by atoms with E-state index in [9.17, 15) is 18.0 Å². The largest absolute Gasteiger partial charge is 0.496 e. The molecule has 0 saturated carbocycles. The number of rotatable bonds is 7. The Morgan fingerprint density at radius 2 is 1.54 bits per heavy atom. The van der Waals surface area contributed by atoms with Gasteiger partial charge in [0.1, 0.15) is 12.3 Å². The molecule has 0 spiro atoms. The quantitative estimate of drug-likeness (QED) is 0.757. The van der Waals surface area contributed by atoms with Crippen molar-refractivity contribution in [2.45, 2.75) is 20.0 Å². The van der Waals surface area contributed by atoms with E-state index in [1.54, 1.807) is 13.8 Å². The number of methoxy groups -OCH3 is 3. The molecule has 1 rings (SSSR count). The summed E-state index contributed by atoms with van der Waals surface area (Å²) in [6.45, 7) is 2.11.